The molecule has 0 saturated heterocycles. The number of hydrogen-bond donors (Lipinski definition) is 1. The smallest absolute Gasteiger partial charge is 0.239 e. The molecule has 0 saturated carbocycles. The van der Waals surface area contributed by atoms with Crippen molar-refractivity contribution in [1.29, 1.82) is 0 Å². The summed E-state index contributed by atoms with van der Waals surface area (Å²) in [5, 5.41) is 2.72. The molecule has 1 N–H and O–H groups in total. The van der Waals surface area contributed by atoms with Gasteiger partial charge in [-0.2, -0.15) is 0 Å². The number of pyridine rings is 1. The second kappa shape index (κ2) is 10.3. The lowest BCUT2D eigenvalue weighted by Gasteiger charge is -2.24. The quantitative estimate of drug-likeness (QED) is 0.709. The first kappa shape index (κ1) is 19.6. The van der Waals surface area contributed by atoms with Gasteiger partial charge in [-0.1, -0.05) is 13.8 Å². The molecule has 0 atom stereocenters. The van der Waals surface area contributed by atoms with E-state index in [0.717, 1.165) is 30.4 Å². The molecular weight excluding hydrogens is 360 g/mol. The Morgan fingerprint density at radius 2 is 1.83 bits per heavy atom. The molecule has 128 valence electrons. The van der Waals surface area contributed by atoms with Gasteiger partial charge < -0.3 is 10.2 Å². The minimum Gasteiger partial charge on any atom is -0.342 e. The van der Waals surface area contributed by atoms with E-state index in [9.17, 15) is 9.59 Å². The summed E-state index contributed by atoms with van der Waals surface area (Å²) in [6, 6.07) is 3.53. The van der Waals surface area contributed by atoms with Gasteiger partial charge in [-0.15, -0.1) is 0 Å². The van der Waals surface area contributed by atoms with Crippen LogP contribution in [0.4, 0.5) is 5.82 Å². The molecule has 1 rings (SSSR count). The fourth-order valence-electron chi connectivity index (χ4n) is 2.17. The van der Waals surface area contributed by atoms with Crippen molar-refractivity contribution in [2.24, 2.45) is 0 Å². The third kappa shape index (κ3) is 7.56. The van der Waals surface area contributed by atoms with Crippen LogP contribution in [0, 0.1) is 0 Å². The number of nitrogens with one attached hydrogen (secondary N) is 1. The molecule has 0 fully saturated rings. The molecular formula is C16H25BrN4O2. The number of amides is 2. The number of rotatable bonds is 9. The van der Waals surface area contributed by atoms with Crippen molar-refractivity contribution >= 4 is 33.6 Å². The number of hydrogen-bond acceptors (Lipinski definition) is 4. The lowest BCUT2D eigenvalue weighted by Crippen LogP contribution is -2.42. The van der Waals surface area contributed by atoms with Crippen LogP contribution < -0.4 is 5.32 Å². The first-order valence-corrected chi connectivity index (χ1v) is 8.63. The third-order valence-electron chi connectivity index (χ3n) is 3.15. The predicted molar refractivity (Wildman–Crippen MR) is 95.2 cm³/mol. The molecule has 1 heterocycles. The van der Waals surface area contributed by atoms with Crippen LogP contribution in [-0.2, 0) is 9.59 Å². The van der Waals surface area contributed by atoms with E-state index in [4.69, 9.17) is 0 Å². The standard InChI is InChI=1S/C16H25BrN4O2/c1-4-8-21(9-5-2)16(23)12-20(3)11-15(22)19-14-7-6-13(17)10-18-14/h6-7,10H,4-5,8-9,11-12H2,1-3H3,(H,18,19,22). The number of likely N-dealkylation sites (N-methyl/N-ethyl adjacent to an activating group) is 1. The fourth-order valence-corrected chi connectivity index (χ4v) is 2.40. The normalized spacial score (nSPS) is 10.7. The Morgan fingerprint density at radius 1 is 1.17 bits per heavy atom. The molecule has 0 aliphatic carbocycles. The summed E-state index contributed by atoms with van der Waals surface area (Å²) < 4.78 is 0.852. The second-order valence-electron chi connectivity index (χ2n) is 5.46. The van der Waals surface area contributed by atoms with Crippen LogP contribution in [0.25, 0.3) is 0 Å². The van der Waals surface area contributed by atoms with Crippen molar-refractivity contribution in [2.45, 2.75) is 26.7 Å². The van der Waals surface area contributed by atoms with Crippen LogP contribution in [0.1, 0.15) is 26.7 Å². The van der Waals surface area contributed by atoms with Gasteiger partial charge in [0.15, 0.2) is 0 Å². The third-order valence-corrected chi connectivity index (χ3v) is 3.62. The molecule has 6 nitrogen and oxygen atoms in total. The van der Waals surface area contributed by atoms with Crippen molar-refractivity contribution < 1.29 is 9.59 Å². The van der Waals surface area contributed by atoms with E-state index in [1.54, 1.807) is 24.2 Å². The summed E-state index contributed by atoms with van der Waals surface area (Å²) in [6.45, 7) is 6.01. The highest BCUT2D eigenvalue weighted by molar-refractivity contribution is 9.10. The highest BCUT2D eigenvalue weighted by atomic mass is 79.9. The zero-order chi connectivity index (χ0) is 17.2. The summed E-state index contributed by atoms with van der Waals surface area (Å²) in [5.41, 5.74) is 0. The van der Waals surface area contributed by atoms with Gasteiger partial charge in [-0.05, 0) is 48.0 Å². The van der Waals surface area contributed by atoms with Crippen molar-refractivity contribution in [3.8, 4) is 0 Å². The van der Waals surface area contributed by atoms with Gasteiger partial charge in [0.1, 0.15) is 5.82 Å². The summed E-state index contributed by atoms with van der Waals surface area (Å²) in [7, 11) is 1.77. The topological polar surface area (TPSA) is 65.5 Å². The van der Waals surface area contributed by atoms with E-state index >= 15 is 0 Å². The highest BCUT2D eigenvalue weighted by Gasteiger charge is 2.16. The van der Waals surface area contributed by atoms with E-state index in [1.807, 2.05) is 11.0 Å². The van der Waals surface area contributed by atoms with Crippen LogP contribution in [-0.4, -0.2) is 59.8 Å². The van der Waals surface area contributed by atoms with Crippen molar-refractivity contribution in [3.63, 3.8) is 0 Å². The summed E-state index contributed by atoms with van der Waals surface area (Å²) in [4.78, 5) is 31.9. The maximum Gasteiger partial charge on any atom is 0.239 e. The van der Waals surface area contributed by atoms with Gasteiger partial charge in [0.2, 0.25) is 11.8 Å². The fraction of sp³-hybridized carbons (Fsp3) is 0.562. The van der Waals surface area contributed by atoms with Crippen LogP contribution in [0.15, 0.2) is 22.8 Å². The zero-order valence-electron chi connectivity index (χ0n) is 14.0. The summed E-state index contributed by atoms with van der Waals surface area (Å²) in [5.74, 6) is 0.370. The Hall–Kier alpha value is -1.47. The first-order valence-electron chi connectivity index (χ1n) is 7.84. The number of anilines is 1. The maximum absolute atomic E-state index is 12.2. The van der Waals surface area contributed by atoms with E-state index < -0.39 is 0 Å². The molecule has 0 aliphatic heterocycles. The van der Waals surface area contributed by atoms with Gasteiger partial charge in [0.05, 0.1) is 13.1 Å². The van der Waals surface area contributed by atoms with Crippen molar-refractivity contribution in [3.05, 3.63) is 22.8 Å². The molecule has 0 aliphatic rings. The molecule has 1 aromatic heterocycles. The number of carbonyl (C=O) groups is 2. The van der Waals surface area contributed by atoms with Gasteiger partial charge in [0, 0.05) is 23.8 Å². The van der Waals surface area contributed by atoms with Gasteiger partial charge >= 0.3 is 0 Å². The molecule has 7 heteroatoms. The Bertz CT molecular complexity index is 501. The molecule has 0 radical (unpaired) electrons. The molecule has 0 bridgehead atoms. The van der Waals surface area contributed by atoms with Gasteiger partial charge in [-0.3, -0.25) is 14.5 Å². The lowest BCUT2D eigenvalue weighted by molar-refractivity contribution is -0.132. The average Bonchev–Trinajstić information content (AvgIpc) is 2.49. The van der Waals surface area contributed by atoms with Crippen LogP contribution in [0.5, 0.6) is 0 Å². The van der Waals surface area contributed by atoms with E-state index in [-0.39, 0.29) is 24.9 Å². The van der Waals surface area contributed by atoms with Crippen LogP contribution >= 0.6 is 15.9 Å². The van der Waals surface area contributed by atoms with Gasteiger partial charge in [-0.25, -0.2) is 4.98 Å². The largest absolute Gasteiger partial charge is 0.342 e. The molecule has 0 spiro atoms. The Labute approximate surface area is 146 Å². The highest BCUT2D eigenvalue weighted by Crippen LogP contribution is 2.10. The molecule has 23 heavy (non-hydrogen) atoms. The number of aromatic nitrogens is 1. The predicted octanol–water partition coefficient (Wildman–Crippen LogP) is 2.36. The lowest BCUT2D eigenvalue weighted by atomic mass is 10.3. The Kier molecular flexibility index (Phi) is 8.79. The number of nitrogens with zero attached hydrogens (tertiary/aromatic N) is 3. The Morgan fingerprint density at radius 3 is 2.35 bits per heavy atom. The van der Waals surface area contributed by atoms with Crippen LogP contribution in [0.2, 0.25) is 0 Å². The molecule has 1 aromatic rings. The van der Waals surface area contributed by atoms with Crippen molar-refractivity contribution in [2.75, 3.05) is 38.5 Å². The molecule has 0 unspecified atom stereocenters. The van der Waals surface area contributed by atoms with E-state index in [1.165, 1.54) is 0 Å². The van der Waals surface area contributed by atoms with Crippen molar-refractivity contribution in [1.82, 2.24) is 14.8 Å². The van der Waals surface area contributed by atoms with E-state index in [2.05, 4.69) is 40.1 Å². The average molecular weight is 385 g/mol. The summed E-state index contributed by atoms with van der Waals surface area (Å²) in [6.07, 6.45) is 3.49. The Balaban J connectivity index is 2.44. The van der Waals surface area contributed by atoms with Gasteiger partial charge in [0.25, 0.3) is 0 Å². The SMILES string of the molecule is CCCN(CCC)C(=O)CN(C)CC(=O)Nc1ccc(Br)cn1. The minimum absolute atomic E-state index is 0.0609. The maximum atomic E-state index is 12.2. The summed E-state index contributed by atoms with van der Waals surface area (Å²) >= 11 is 3.29. The van der Waals surface area contributed by atoms with Crippen LogP contribution in [0.3, 0.4) is 0 Å². The number of carbonyl (C=O) groups excluding carboxylic acids is 2. The monoisotopic (exact) mass is 384 g/mol. The number of halogens is 1. The minimum atomic E-state index is -0.187. The second-order valence-corrected chi connectivity index (χ2v) is 6.38. The van der Waals surface area contributed by atoms with E-state index in [0.29, 0.717) is 5.82 Å². The first-order chi connectivity index (χ1) is 11.0. The molecule has 0 aromatic carbocycles. The molecule has 2 amide bonds. The zero-order valence-corrected chi connectivity index (χ0v) is 15.6.